The molecule has 2 aromatic rings. The van der Waals surface area contributed by atoms with Crippen LogP contribution in [-0.2, 0) is 9.59 Å². The van der Waals surface area contributed by atoms with Crippen molar-refractivity contribution in [2.24, 2.45) is 0 Å². The van der Waals surface area contributed by atoms with Gasteiger partial charge in [-0.1, -0.05) is 29.8 Å². The van der Waals surface area contributed by atoms with E-state index in [2.05, 4.69) is 5.32 Å². The quantitative estimate of drug-likeness (QED) is 0.407. The fourth-order valence-corrected chi connectivity index (χ4v) is 3.46. The summed E-state index contributed by atoms with van der Waals surface area (Å²) < 4.78 is 11.4. The molecule has 0 aliphatic carbocycles. The lowest BCUT2D eigenvalue weighted by Gasteiger charge is -2.28. The molecule has 1 saturated heterocycles. The van der Waals surface area contributed by atoms with Crippen molar-refractivity contribution in [3.05, 3.63) is 58.6 Å². The molecule has 3 rings (SSSR count). The van der Waals surface area contributed by atoms with E-state index < -0.39 is 11.8 Å². The molecular weight excluding hydrogens is 424 g/mol. The van der Waals surface area contributed by atoms with Crippen LogP contribution in [0.4, 0.5) is 5.69 Å². The summed E-state index contributed by atoms with van der Waals surface area (Å²) in [6.45, 7) is 6.01. The molecule has 1 fully saturated rings. The maximum atomic E-state index is 13.1. The zero-order valence-electron chi connectivity index (χ0n) is 16.8. The molecule has 6 nitrogen and oxygen atoms in total. The summed E-state index contributed by atoms with van der Waals surface area (Å²) in [6, 6.07) is 12.2. The number of anilines is 1. The van der Waals surface area contributed by atoms with Gasteiger partial charge in [-0.2, -0.15) is 0 Å². The first-order chi connectivity index (χ1) is 14.3. The van der Waals surface area contributed by atoms with Gasteiger partial charge >= 0.3 is 0 Å². The van der Waals surface area contributed by atoms with Gasteiger partial charge in [0.2, 0.25) is 0 Å². The number of carbonyl (C=O) groups excluding carboxylic acids is 2. The van der Waals surface area contributed by atoms with Crippen LogP contribution in [0.3, 0.4) is 0 Å². The third kappa shape index (κ3) is 4.63. The van der Waals surface area contributed by atoms with Crippen LogP contribution in [0.2, 0.25) is 5.02 Å². The monoisotopic (exact) mass is 444 g/mol. The molecular formula is C22H21ClN2O4S. The first-order valence-electron chi connectivity index (χ1n) is 9.41. The van der Waals surface area contributed by atoms with E-state index in [-0.39, 0.29) is 16.8 Å². The third-order valence-electron chi connectivity index (χ3n) is 4.11. The SMILES string of the molecule is CCOc1cc(/C=C2/C(=O)NC(=S)N(c3ccccc3)C2=O)cc(Cl)c1OC(C)C. The van der Waals surface area contributed by atoms with Crippen molar-refractivity contribution in [2.45, 2.75) is 26.9 Å². The molecule has 0 saturated carbocycles. The molecule has 2 aromatic carbocycles. The van der Waals surface area contributed by atoms with Crippen LogP contribution in [0.25, 0.3) is 6.08 Å². The van der Waals surface area contributed by atoms with Crippen molar-refractivity contribution in [3.63, 3.8) is 0 Å². The number of para-hydroxylation sites is 1. The van der Waals surface area contributed by atoms with Gasteiger partial charge in [0.1, 0.15) is 5.57 Å². The van der Waals surface area contributed by atoms with Gasteiger partial charge in [0.15, 0.2) is 16.6 Å². The van der Waals surface area contributed by atoms with E-state index in [0.29, 0.717) is 34.4 Å². The fourth-order valence-electron chi connectivity index (χ4n) is 2.92. The van der Waals surface area contributed by atoms with Gasteiger partial charge in [0.25, 0.3) is 11.8 Å². The lowest BCUT2D eigenvalue weighted by molar-refractivity contribution is -0.122. The highest BCUT2D eigenvalue weighted by Gasteiger charge is 2.34. The number of nitrogens with one attached hydrogen (secondary N) is 1. The summed E-state index contributed by atoms with van der Waals surface area (Å²) in [4.78, 5) is 26.9. The number of benzene rings is 2. The summed E-state index contributed by atoms with van der Waals surface area (Å²) in [5, 5.41) is 2.91. The predicted molar refractivity (Wildman–Crippen MR) is 121 cm³/mol. The predicted octanol–water partition coefficient (Wildman–Crippen LogP) is 4.36. The molecule has 1 aliphatic heterocycles. The maximum absolute atomic E-state index is 13.1. The van der Waals surface area contributed by atoms with Crippen LogP contribution in [0.15, 0.2) is 48.0 Å². The number of carbonyl (C=O) groups is 2. The molecule has 30 heavy (non-hydrogen) atoms. The van der Waals surface area contributed by atoms with Crippen LogP contribution in [0.1, 0.15) is 26.3 Å². The van der Waals surface area contributed by atoms with Gasteiger partial charge in [-0.15, -0.1) is 0 Å². The van der Waals surface area contributed by atoms with E-state index in [4.69, 9.17) is 33.3 Å². The van der Waals surface area contributed by atoms with Crippen LogP contribution >= 0.6 is 23.8 Å². The number of ether oxygens (including phenoxy) is 2. The molecule has 156 valence electrons. The van der Waals surface area contributed by atoms with Gasteiger partial charge in [-0.25, -0.2) is 0 Å². The van der Waals surface area contributed by atoms with Gasteiger partial charge in [-0.3, -0.25) is 19.8 Å². The third-order valence-corrected chi connectivity index (χ3v) is 4.68. The highest BCUT2D eigenvalue weighted by molar-refractivity contribution is 7.80. The normalized spacial score (nSPS) is 15.6. The zero-order valence-corrected chi connectivity index (χ0v) is 18.3. The Balaban J connectivity index is 2.03. The average molecular weight is 445 g/mol. The molecule has 0 atom stereocenters. The van der Waals surface area contributed by atoms with E-state index in [0.717, 1.165) is 0 Å². The molecule has 1 aliphatic rings. The van der Waals surface area contributed by atoms with Crippen molar-refractivity contribution < 1.29 is 19.1 Å². The Bertz CT molecular complexity index is 1020. The van der Waals surface area contributed by atoms with Crippen LogP contribution in [0.5, 0.6) is 11.5 Å². The molecule has 0 radical (unpaired) electrons. The minimum absolute atomic E-state index is 0.0297. The summed E-state index contributed by atoms with van der Waals surface area (Å²) >= 11 is 11.6. The fraction of sp³-hybridized carbons (Fsp3) is 0.227. The second-order valence-corrected chi connectivity index (χ2v) is 7.52. The van der Waals surface area contributed by atoms with E-state index >= 15 is 0 Å². The zero-order chi connectivity index (χ0) is 21.8. The smallest absolute Gasteiger partial charge is 0.270 e. The van der Waals surface area contributed by atoms with Crippen LogP contribution in [-0.4, -0.2) is 29.6 Å². The van der Waals surface area contributed by atoms with E-state index in [9.17, 15) is 9.59 Å². The molecule has 0 bridgehead atoms. The van der Waals surface area contributed by atoms with Gasteiger partial charge in [0, 0.05) is 0 Å². The van der Waals surface area contributed by atoms with Crippen molar-refractivity contribution in [1.29, 1.82) is 0 Å². The Labute approximate surface area is 185 Å². The Morgan fingerprint density at radius 3 is 2.53 bits per heavy atom. The Kier molecular flexibility index (Phi) is 6.74. The lowest BCUT2D eigenvalue weighted by Crippen LogP contribution is -2.54. The Morgan fingerprint density at radius 1 is 1.20 bits per heavy atom. The number of hydrogen-bond donors (Lipinski definition) is 1. The van der Waals surface area contributed by atoms with Gasteiger partial charge in [-0.05, 0) is 68.9 Å². The second kappa shape index (κ2) is 9.28. The summed E-state index contributed by atoms with van der Waals surface area (Å²) in [6.07, 6.45) is 1.36. The molecule has 0 unspecified atom stereocenters. The second-order valence-electron chi connectivity index (χ2n) is 6.72. The Hall–Kier alpha value is -2.90. The molecule has 1 heterocycles. The molecule has 8 heteroatoms. The van der Waals surface area contributed by atoms with Crippen LogP contribution < -0.4 is 19.7 Å². The van der Waals surface area contributed by atoms with E-state index in [1.807, 2.05) is 26.8 Å². The summed E-state index contributed by atoms with van der Waals surface area (Å²) in [5.74, 6) is -0.243. The molecule has 0 aromatic heterocycles. The summed E-state index contributed by atoms with van der Waals surface area (Å²) in [5.41, 5.74) is 1.02. The van der Waals surface area contributed by atoms with Crippen molar-refractivity contribution >= 4 is 52.5 Å². The number of hydrogen-bond acceptors (Lipinski definition) is 5. The highest BCUT2D eigenvalue weighted by atomic mass is 35.5. The van der Waals surface area contributed by atoms with Crippen molar-refractivity contribution in [3.8, 4) is 11.5 Å². The highest BCUT2D eigenvalue weighted by Crippen LogP contribution is 2.38. The number of thiocarbonyl (C=S) groups is 1. The first kappa shape index (κ1) is 21.8. The van der Waals surface area contributed by atoms with E-state index in [1.165, 1.54) is 11.0 Å². The number of rotatable bonds is 6. The standard InChI is InChI=1S/C22H21ClN2O4S/c1-4-28-18-12-14(11-17(23)19(18)29-13(2)3)10-16-20(26)24-22(30)25(21(16)27)15-8-6-5-7-9-15/h5-13H,4H2,1-3H3,(H,24,26,30)/b16-10-. The van der Waals surface area contributed by atoms with Gasteiger partial charge < -0.3 is 9.47 Å². The Morgan fingerprint density at radius 2 is 1.90 bits per heavy atom. The van der Waals surface area contributed by atoms with Crippen LogP contribution in [0, 0.1) is 0 Å². The molecule has 0 spiro atoms. The molecule has 1 N–H and O–H groups in total. The number of amides is 2. The van der Waals surface area contributed by atoms with E-state index in [1.54, 1.807) is 36.4 Å². The summed E-state index contributed by atoms with van der Waals surface area (Å²) in [7, 11) is 0. The van der Waals surface area contributed by atoms with Gasteiger partial charge in [0.05, 0.1) is 23.4 Å². The average Bonchev–Trinajstić information content (AvgIpc) is 2.68. The largest absolute Gasteiger partial charge is 0.490 e. The number of halogens is 1. The first-order valence-corrected chi connectivity index (χ1v) is 10.2. The molecule has 2 amide bonds. The number of nitrogens with zero attached hydrogens (tertiary/aromatic N) is 1. The van der Waals surface area contributed by atoms with Crippen molar-refractivity contribution in [1.82, 2.24) is 5.32 Å². The minimum Gasteiger partial charge on any atom is -0.490 e. The maximum Gasteiger partial charge on any atom is 0.270 e. The van der Waals surface area contributed by atoms with Crippen molar-refractivity contribution in [2.75, 3.05) is 11.5 Å². The topological polar surface area (TPSA) is 67.9 Å². The minimum atomic E-state index is -0.575. The lowest BCUT2D eigenvalue weighted by atomic mass is 10.1.